The first-order valence-corrected chi connectivity index (χ1v) is 11.1. The number of hydrogen-bond donors (Lipinski definition) is 1. The van der Waals surface area contributed by atoms with Gasteiger partial charge >= 0.3 is 0 Å². The van der Waals surface area contributed by atoms with E-state index in [0.29, 0.717) is 6.54 Å². The number of fused-ring (bicyclic) bond motifs is 2. The van der Waals surface area contributed by atoms with Gasteiger partial charge in [0.25, 0.3) is 0 Å². The fourth-order valence-corrected chi connectivity index (χ4v) is 5.09. The van der Waals surface area contributed by atoms with Gasteiger partial charge in [0.05, 0.1) is 0 Å². The van der Waals surface area contributed by atoms with Crippen molar-refractivity contribution < 1.29 is 9.18 Å². The first kappa shape index (κ1) is 20.3. The van der Waals surface area contributed by atoms with Crippen LogP contribution in [0.3, 0.4) is 0 Å². The van der Waals surface area contributed by atoms with Crippen LogP contribution in [0.15, 0.2) is 48.7 Å². The largest absolute Gasteiger partial charge is 0.361 e. The summed E-state index contributed by atoms with van der Waals surface area (Å²) in [5.41, 5.74) is 5.50. The molecule has 3 heterocycles. The molecule has 0 aliphatic carbocycles. The Morgan fingerprint density at radius 3 is 2.90 bits per heavy atom. The van der Waals surface area contributed by atoms with Gasteiger partial charge in [0.15, 0.2) is 0 Å². The van der Waals surface area contributed by atoms with Crippen molar-refractivity contribution in [2.45, 2.75) is 25.7 Å². The quantitative estimate of drug-likeness (QED) is 0.577. The average molecular weight is 438 g/mol. The molecule has 0 saturated carbocycles. The van der Waals surface area contributed by atoms with Gasteiger partial charge in [-0.05, 0) is 60.9 Å². The second-order valence-corrected chi connectivity index (χ2v) is 8.93. The fourth-order valence-electron chi connectivity index (χ4n) is 4.92. The summed E-state index contributed by atoms with van der Waals surface area (Å²) in [5, 5.41) is 1.94. The van der Waals surface area contributed by atoms with E-state index < -0.39 is 0 Å². The van der Waals surface area contributed by atoms with Gasteiger partial charge in [-0.15, -0.1) is 0 Å². The van der Waals surface area contributed by atoms with E-state index in [9.17, 15) is 9.18 Å². The van der Waals surface area contributed by atoms with E-state index in [-0.39, 0.29) is 17.6 Å². The van der Waals surface area contributed by atoms with Gasteiger partial charge < -0.3 is 9.88 Å². The molecule has 6 heteroatoms. The third-order valence-electron chi connectivity index (χ3n) is 6.58. The van der Waals surface area contributed by atoms with Crippen LogP contribution in [0.5, 0.6) is 0 Å². The van der Waals surface area contributed by atoms with Crippen LogP contribution in [-0.2, 0) is 4.79 Å². The molecule has 0 fully saturated rings. The highest BCUT2D eigenvalue weighted by Gasteiger charge is 2.31. The number of halogens is 2. The molecule has 1 aromatic heterocycles. The summed E-state index contributed by atoms with van der Waals surface area (Å²) in [6, 6.07) is 10.7. The number of nitrogens with one attached hydrogen (secondary N) is 1. The number of aromatic amines is 1. The van der Waals surface area contributed by atoms with Crippen LogP contribution < -0.4 is 4.90 Å². The molecule has 31 heavy (non-hydrogen) atoms. The number of carbonyl (C=O) groups excluding carboxylic acids is 1. The molecule has 2 aliphatic heterocycles. The second kappa shape index (κ2) is 8.13. The van der Waals surface area contributed by atoms with Gasteiger partial charge in [0.1, 0.15) is 5.82 Å². The van der Waals surface area contributed by atoms with Crippen molar-refractivity contribution in [3.8, 4) is 0 Å². The zero-order valence-corrected chi connectivity index (χ0v) is 18.3. The van der Waals surface area contributed by atoms with Crippen molar-refractivity contribution in [3.05, 3.63) is 70.6 Å². The highest BCUT2D eigenvalue weighted by molar-refractivity contribution is 6.31. The molecule has 0 radical (unpaired) electrons. The minimum Gasteiger partial charge on any atom is -0.361 e. The lowest BCUT2D eigenvalue weighted by molar-refractivity contribution is -0.116. The topological polar surface area (TPSA) is 39.3 Å². The number of hydrogen-bond acceptors (Lipinski definition) is 2. The highest BCUT2D eigenvalue weighted by Crippen LogP contribution is 2.39. The van der Waals surface area contributed by atoms with Crippen molar-refractivity contribution in [2.75, 3.05) is 31.1 Å². The van der Waals surface area contributed by atoms with Gasteiger partial charge in [-0.1, -0.05) is 23.7 Å². The summed E-state index contributed by atoms with van der Waals surface area (Å²) in [7, 11) is 0. The Morgan fingerprint density at radius 2 is 2.13 bits per heavy atom. The van der Waals surface area contributed by atoms with Crippen molar-refractivity contribution in [1.82, 2.24) is 9.88 Å². The third kappa shape index (κ3) is 3.88. The number of carbonyl (C=O) groups is 1. The summed E-state index contributed by atoms with van der Waals surface area (Å²) in [4.78, 5) is 19.5. The molecule has 0 bridgehead atoms. The molecule has 4 nitrogen and oxygen atoms in total. The van der Waals surface area contributed by atoms with Gasteiger partial charge in [-0.25, -0.2) is 4.39 Å². The van der Waals surface area contributed by atoms with E-state index >= 15 is 0 Å². The lowest BCUT2D eigenvalue weighted by Crippen LogP contribution is -2.31. The molecule has 1 amide bonds. The number of benzene rings is 2. The predicted molar refractivity (Wildman–Crippen MR) is 124 cm³/mol. The van der Waals surface area contributed by atoms with Crippen LogP contribution in [0, 0.1) is 5.82 Å². The minimum absolute atomic E-state index is 0.0147. The Hall–Kier alpha value is -2.63. The van der Waals surface area contributed by atoms with Crippen LogP contribution in [0.4, 0.5) is 10.1 Å². The average Bonchev–Trinajstić information content (AvgIpc) is 3.33. The van der Waals surface area contributed by atoms with E-state index in [1.807, 2.05) is 12.1 Å². The Labute approximate surface area is 186 Å². The summed E-state index contributed by atoms with van der Waals surface area (Å²) < 4.78 is 13.8. The molecular formula is C25H25ClFN3O. The lowest BCUT2D eigenvalue weighted by Gasteiger charge is -2.27. The first-order chi connectivity index (χ1) is 15.0. The maximum atomic E-state index is 13.8. The molecule has 2 aliphatic rings. The maximum Gasteiger partial charge on any atom is 0.223 e. The molecule has 1 unspecified atom stereocenters. The minimum atomic E-state index is -0.236. The molecule has 160 valence electrons. The standard InChI is InChI=1S/C25H25ClFN3O/c1-16(31)30-15-18(22-13-20(27)3-5-25(22)30)8-11-29-9-6-17(7-10-29)23-14-28-24-12-19(26)2-4-21(23)24/h2-6,12-14,18,28H,7-11,15H2,1H3. The molecule has 2 aromatic carbocycles. The van der Waals surface area contributed by atoms with Crippen molar-refractivity contribution in [1.29, 1.82) is 0 Å². The van der Waals surface area contributed by atoms with Crippen molar-refractivity contribution >= 4 is 39.7 Å². The number of nitrogens with zero attached hydrogens (tertiary/aromatic N) is 2. The smallest absolute Gasteiger partial charge is 0.223 e. The SMILES string of the molecule is CC(=O)N1CC(CCN2CC=C(c3c[nH]c4cc(Cl)ccc34)CC2)c2cc(F)ccc21. The molecule has 3 aromatic rings. The van der Waals surface area contributed by atoms with E-state index in [4.69, 9.17) is 11.6 Å². The normalized spacial score (nSPS) is 19.0. The zero-order chi connectivity index (χ0) is 21.5. The van der Waals surface area contributed by atoms with Gasteiger partial charge in [0.2, 0.25) is 5.91 Å². The zero-order valence-electron chi connectivity index (χ0n) is 17.5. The highest BCUT2D eigenvalue weighted by atomic mass is 35.5. The van der Waals surface area contributed by atoms with Gasteiger partial charge in [0, 0.05) is 65.8 Å². The van der Waals surface area contributed by atoms with Crippen LogP contribution in [0.2, 0.25) is 5.02 Å². The number of rotatable bonds is 4. The monoisotopic (exact) mass is 437 g/mol. The predicted octanol–water partition coefficient (Wildman–Crippen LogP) is 5.59. The Bertz CT molecular complexity index is 1180. The fraction of sp³-hybridized carbons (Fsp3) is 0.320. The Balaban J connectivity index is 1.26. The van der Waals surface area contributed by atoms with Gasteiger partial charge in [-0.3, -0.25) is 9.69 Å². The summed E-state index contributed by atoms with van der Waals surface area (Å²) in [6.45, 7) is 5.03. The lowest BCUT2D eigenvalue weighted by atomic mass is 9.96. The second-order valence-electron chi connectivity index (χ2n) is 8.49. The molecule has 1 N–H and O–H groups in total. The summed E-state index contributed by atoms with van der Waals surface area (Å²) in [5.74, 6) is -0.0426. The first-order valence-electron chi connectivity index (χ1n) is 10.8. The van der Waals surface area contributed by atoms with E-state index in [2.05, 4.69) is 28.2 Å². The summed E-state index contributed by atoms with van der Waals surface area (Å²) in [6.07, 6.45) is 6.29. The number of H-pyrrole nitrogens is 1. The van der Waals surface area contributed by atoms with E-state index in [1.54, 1.807) is 24.0 Å². The van der Waals surface area contributed by atoms with Crippen molar-refractivity contribution in [2.24, 2.45) is 0 Å². The van der Waals surface area contributed by atoms with Gasteiger partial charge in [-0.2, -0.15) is 0 Å². The van der Waals surface area contributed by atoms with Crippen molar-refractivity contribution in [3.63, 3.8) is 0 Å². The van der Waals surface area contributed by atoms with Crippen LogP contribution in [0.25, 0.3) is 16.5 Å². The van der Waals surface area contributed by atoms with Crippen LogP contribution >= 0.6 is 11.6 Å². The number of amides is 1. The molecular weight excluding hydrogens is 413 g/mol. The molecule has 0 saturated heterocycles. The third-order valence-corrected chi connectivity index (χ3v) is 6.82. The number of anilines is 1. The molecule has 5 rings (SSSR count). The molecule has 1 atom stereocenters. The van der Waals surface area contributed by atoms with E-state index in [0.717, 1.165) is 54.3 Å². The maximum absolute atomic E-state index is 13.8. The van der Waals surface area contributed by atoms with Crippen LogP contribution in [0.1, 0.15) is 36.8 Å². The van der Waals surface area contributed by atoms with Crippen LogP contribution in [-0.4, -0.2) is 42.0 Å². The van der Waals surface area contributed by atoms with E-state index in [1.165, 1.54) is 22.6 Å². The Kier molecular flexibility index (Phi) is 5.32. The Morgan fingerprint density at radius 1 is 1.26 bits per heavy atom. The number of aromatic nitrogens is 1. The molecule has 0 spiro atoms. The summed E-state index contributed by atoms with van der Waals surface area (Å²) >= 11 is 6.10.